The number of hydrogen-bond acceptors (Lipinski definition) is 5. The van der Waals surface area contributed by atoms with Crippen molar-refractivity contribution in [3.05, 3.63) is 95.9 Å². The van der Waals surface area contributed by atoms with Gasteiger partial charge in [0.2, 0.25) is 5.88 Å². The van der Waals surface area contributed by atoms with Crippen molar-refractivity contribution in [3.8, 4) is 22.4 Å². The number of pyridine rings is 2. The zero-order valence-corrected chi connectivity index (χ0v) is 16.9. The molecule has 0 aliphatic rings. The van der Waals surface area contributed by atoms with Gasteiger partial charge in [0.25, 0.3) is 5.91 Å². The Morgan fingerprint density at radius 3 is 2.58 bits per heavy atom. The van der Waals surface area contributed by atoms with Gasteiger partial charge in [0.15, 0.2) is 0 Å². The topological polar surface area (TPSA) is 80.9 Å². The van der Waals surface area contributed by atoms with Gasteiger partial charge in [0, 0.05) is 34.6 Å². The van der Waals surface area contributed by atoms with Crippen LogP contribution in [0.2, 0.25) is 5.02 Å². The van der Waals surface area contributed by atoms with Gasteiger partial charge in [-0.25, -0.2) is 0 Å². The Morgan fingerprint density at radius 2 is 1.74 bits per heavy atom. The molecule has 0 aliphatic carbocycles. The lowest BCUT2D eigenvalue weighted by molar-refractivity contribution is 0.102. The van der Waals surface area contributed by atoms with Crippen LogP contribution in [0.3, 0.4) is 0 Å². The van der Waals surface area contributed by atoms with E-state index < -0.39 is 0 Å². The standard InChI is InChI=1S/C24H15ClN4O2/c25-17-5-3-4-16(14-17)22-21(15-8-11-26-12-9-15)24(31-29-22)28-23(30)19-10-13-27-20-7-2-1-6-18(19)20/h1-14H,(H,28,30). The average molecular weight is 427 g/mol. The summed E-state index contributed by atoms with van der Waals surface area (Å²) in [7, 11) is 0. The molecule has 5 rings (SSSR count). The van der Waals surface area contributed by atoms with Crippen LogP contribution in [0.4, 0.5) is 5.88 Å². The summed E-state index contributed by atoms with van der Waals surface area (Å²) in [5.74, 6) is -0.0743. The molecule has 0 spiro atoms. The van der Waals surface area contributed by atoms with Crippen LogP contribution in [0, 0.1) is 0 Å². The summed E-state index contributed by atoms with van der Waals surface area (Å²) in [4.78, 5) is 21.5. The molecule has 1 N–H and O–H groups in total. The number of para-hydroxylation sites is 1. The molecule has 7 heteroatoms. The fraction of sp³-hybridized carbons (Fsp3) is 0. The highest BCUT2D eigenvalue weighted by molar-refractivity contribution is 6.30. The van der Waals surface area contributed by atoms with Gasteiger partial charge >= 0.3 is 0 Å². The Hall–Kier alpha value is -4.03. The summed E-state index contributed by atoms with van der Waals surface area (Å²) in [6.07, 6.45) is 4.96. The number of carbonyl (C=O) groups is 1. The summed E-state index contributed by atoms with van der Waals surface area (Å²) in [6, 6.07) is 20.1. The molecule has 150 valence electrons. The van der Waals surface area contributed by atoms with Gasteiger partial charge < -0.3 is 4.52 Å². The first-order valence-corrected chi connectivity index (χ1v) is 9.89. The van der Waals surface area contributed by atoms with E-state index in [4.69, 9.17) is 16.1 Å². The third kappa shape index (κ3) is 3.65. The van der Waals surface area contributed by atoms with Crippen LogP contribution in [0.5, 0.6) is 0 Å². The van der Waals surface area contributed by atoms with Gasteiger partial charge in [-0.3, -0.25) is 20.1 Å². The van der Waals surface area contributed by atoms with E-state index in [-0.39, 0.29) is 11.8 Å². The molecule has 0 radical (unpaired) electrons. The minimum atomic E-state index is -0.317. The van der Waals surface area contributed by atoms with Crippen molar-refractivity contribution >= 4 is 34.3 Å². The molecule has 0 fully saturated rings. The van der Waals surface area contributed by atoms with Crippen molar-refractivity contribution in [1.29, 1.82) is 0 Å². The fourth-order valence-corrected chi connectivity index (χ4v) is 3.65. The van der Waals surface area contributed by atoms with Crippen molar-refractivity contribution in [2.45, 2.75) is 0 Å². The largest absolute Gasteiger partial charge is 0.337 e. The third-order valence-corrected chi connectivity index (χ3v) is 5.11. The summed E-state index contributed by atoms with van der Waals surface area (Å²) >= 11 is 6.18. The molecule has 0 atom stereocenters. The maximum atomic E-state index is 13.2. The maximum absolute atomic E-state index is 13.2. The number of rotatable bonds is 4. The molecule has 3 aromatic heterocycles. The molecular formula is C24H15ClN4O2. The second-order valence-electron chi connectivity index (χ2n) is 6.81. The molecule has 0 bridgehead atoms. The number of anilines is 1. The van der Waals surface area contributed by atoms with Crippen molar-refractivity contribution in [2.24, 2.45) is 0 Å². The van der Waals surface area contributed by atoms with E-state index in [1.807, 2.05) is 48.5 Å². The Labute approximate surface area is 182 Å². The van der Waals surface area contributed by atoms with Crippen LogP contribution in [-0.4, -0.2) is 21.0 Å². The van der Waals surface area contributed by atoms with Crippen LogP contribution in [0.15, 0.2) is 89.8 Å². The summed E-state index contributed by atoms with van der Waals surface area (Å²) < 4.78 is 5.59. The monoisotopic (exact) mass is 426 g/mol. The van der Waals surface area contributed by atoms with E-state index in [1.165, 1.54) is 0 Å². The SMILES string of the molecule is O=C(Nc1onc(-c2cccc(Cl)c2)c1-c1ccncc1)c1ccnc2ccccc12. The quantitative estimate of drug-likeness (QED) is 0.389. The summed E-state index contributed by atoms with van der Waals surface area (Å²) in [6.45, 7) is 0. The first-order chi connectivity index (χ1) is 15.2. The van der Waals surface area contributed by atoms with E-state index in [1.54, 1.807) is 36.8 Å². The van der Waals surface area contributed by atoms with Crippen LogP contribution in [0.1, 0.15) is 10.4 Å². The highest BCUT2D eigenvalue weighted by Crippen LogP contribution is 2.38. The highest BCUT2D eigenvalue weighted by atomic mass is 35.5. The number of aromatic nitrogens is 3. The van der Waals surface area contributed by atoms with Crippen molar-refractivity contribution in [1.82, 2.24) is 15.1 Å². The molecule has 0 aliphatic heterocycles. The van der Waals surface area contributed by atoms with Crippen molar-refractivity contribution in [2.75, 3.05) is 5.32 Å². The fourth-order valence-electron chi connectivity index (χ4n) is 3.46. The Morgan fingerprint density at radius 1 is 0.903 bits per heavy atom. The molecule has 0 saturated carbocycles. The normalized spacial score (nSPS) is 10.9. The van der Waals surface area contributed by atoms with Crippen molar-refractivity contribution in [3.63, 3.8) is 0 Å². The zero-order valence-electron chi connectivity index (χ0n) is 16.1. The number of benzene rings is 2. The van der Waals surface area contributed by atoms with Gasteiger partial charge in [-0.05, 0) is 42.0 Å². The van der Waals surface area contributed by atoms with E-state index >= 15 is 0 Å². The minimum Gasteiger partial charge on any atom is -0.337 e. The maximum Gasteiger partial charge on any atom is 0.258 e. The molecule has 6 nitrogen and oxygen atoms in total. The first-order valence-electron chi connectivity index (χ1n) is 9.52. The number of amides is 1. The second kappa shape index (κ2) is 8.01. The van der Waals surface area contributed by atoms with E-state index in [9.17, 15) is 4.79 Å². The van der Waals surface area contributed by atoms with Crippen LogP contribution in [0.25, 0.3) is 33.3 Å². The van der Waals surface area contributed by atoms with Crippen LogP contribution >= 0.6 is 11.6 Å². The lowest BCUT2D eigenvalue weighted by Crippen LogP contribution is -2.12. The lowest BCUT2D eigenvalue weighted by atomic mass is 10.0. The van der Waals surface area contributed by atoms with Crippen molar-refractivity contribution < 1.29 is 9.32 Å². The third-order valence-electron chi connectivity index (χ3n) is 4.88. The Bertz CT molecular complexity index is 1390. The number of fused-ring (bicyclic) bond motifs is 1. The predicted molar refractivity (Wildman–Crippen MR) is 120 cm³/mol. The minimum absolute atomic E-state index is 0.243. The number of halogens is 1. The first kappa shape index (κ1) is 19.0. The average Bonchev–Trinajstić information content (AvgIpc) is 3.22. The molecule has 1 amide bonds. The van der Waals surface area contributed by atoms with Crippen LogP contribution < -0.4 is 5.32 Å². The molecule has 0 unspecified atom stereocenters. The molecule has 31 heavy (non-hydrogen) atoms. The zero-order chi connectivity index (χ0) is 21.2. The summed E-state index contributed by atoms with van der Waals surface area (Å²) in [5.41, 5.74) is 4.03. The second-order valence-corrected chi connectivity index (χ2v) is 7.25. The van der Waals surface area contributed by atoms with E-state index in [0.29, 0.717) is 21.8 Å². The summed E-state index contributed by atoms with van der Waals surface area (Å²) in [5, 5.41) is 8.44. The smallest absolute Gasteiger partial charge is 0.258 e. The molecule has 0 saturated heterocycles. The van der Waals surface area contributed by atoms with Gasteiger partial charge in [-0.15, -0.1) is 0 Å². The Kier molecular flexibility index (Phi) is 4.90. The predicted octanol–water partition coefficient (Wildman–Crippen LogP) is 5.86. The van der Waals surface area contributed by atoms with Gasteiger partial charge in [0.1, 0.15) is 5.69 Å². The van der Waals surface area contributed by atoms with Gasteiger partial charge in [-0.1, -0.05) is 47.1 Å². The number of nitrogens with one attached hydrogen (secondary N) is 1. The lowest BCUT2D eigenvalue weighted by Gasteiger charge is -2.08. The molecular weight excluding hydrogens is 412 g/mol. The Balaban J connectivity index is 1.60. The van der Waals surface area contributed by atoms with Gasteiger partial charge in [0.05, 0.1) is 16.6 Å². The van der Waals surface area contributed by atoms with Crippen LogP contribution in [-0.2, 0) is 0 Å². The molecule has 3 heterocycles. The van der Waals surface area contributed by atoms with Gasteiger partial charge in [-0.2, -0.15) is 0 Å². The number of nitrogens with zero attached hydrogens (tertiary/aromatic N) is 3. The molecule has 2 aromatic carbocycles. The molecule has 5 aromatic rings. The number of hydrogen-bond donors (Lipinski definition) is 1. The number of carbonyl (C=O) groups excluding carboxylic acids is 1. The van der Waals surface area contributed by atoms with E-state index in [2.05, 4.69) is 20.4 Å². The van der Waals surface area contributed by atoms with E-state index in [0.717, 1.165) is 22.0 Å². The highest BCUT2D eigenvalue weighted by Gasteiger charge is 2.22.